The zero-order chi connectivity index (χ0) is 22.0. The molecule has 0 amide bonds. The predicted molar refractivity (Wildman–Crippen MR) is 134 cm³/mol. The number of halogens is 2. The maximum atomic E-state index is 15.0. The minimum absolute atomic E-state index is 0. The van der Waals surface area contributed by atoms with Gasteiger partial charge in [-0.05, 0) is 47.3 Å². The maximum absolute atomic E-state index is 15.0. The van der Waals surface area contributed by atoms with Crippen molar-refractivity contribution in [3.05, 3.63) is 0 Å². The standard InChI is InChI=1S/C26H52F2.2H2O.2H2/c1-17(2)11-13-19(5)20(6)15-16-22(8)24(10)26(28)25(27)23(9)21(7)14-12-18(3)4;;;;/h17-26H,11-16H2,1-10H3;2*1H2;2*1H. The van der Waals surface area contributed by atoms with Crippen molar-refractivity contribution in [2.45, 2.75) is 120 Å². The summed E-state index contributed by atoms with van der Waals surface area (Å²) in [7, 11) is 0. The Morgan fingerprint density at radius 2 is 0.667 bits per heavy atom. The van der Waals surface area contributed by atoms with Crippen molar-refractivity contribution in [1.29, 1.82) is 0 Å². The molecule has 0 aliphatic heterocycles. The van der Waals surface area contributed by atoms with E-state index in [9.17, 15) is 8.78 Å². The summed E-state index contributed by atoms with van der Waals surface area (Å²) in [4.78, 5) is 0. The molecule has 0 radical (unpaired) electrons. The Morgan fingerprint density at radius 1 is 0.433 bits per heavy atom. The topological polar surface area (TPSA) is 63.0 Å². The normalized spacial score (nSPS) is 19.8. The Kier molecular flexibility index (Phi) is 19.9. The van der Waals surface area contributed by atoms with Crippen LogP contribution in [0.5, 0.6) is 0 Å². The second kappa shape index (κ2) is 17.3. The molecule has 8 atom stereocenters. The summed E-state index contributed by atoms with van der Waals surface area (Å²) < 4.78 is 29.9. The molecule has 0 aliphatic carbocycles. The summed E-state index contributed by atoms with van der Waals surface area (Å²) in [5, 5.41) is 0. The SMILES string of the molecule is CC(C)CCC(C)C(C)CCC(C)C(C)C(F)C(F)C(C)C(C)CCC(C)C.O.O.[HH].[HH]. The van der Waals surface area contributed by atoms with Crippen molar-refractivity contribution in [3.63, 3.8) is 0 Å². The van der Waals surface area contributed by atoms with Gasteiger partial charge in [-0.2, -0.15) is 0 Å². The van der Waals surface area contributed by atoms with Crippen LogP contribution in [0.4, 0.5) is 8.78 Å². The summed E-state index contributed by atoms with van der Waals surface area (Å²) in [5.41, 5.74) is 0. The summed E-state index contributed by atoms with van der Waals surface area (Å²) in [6.07, 6.45) is 4.05. The summed E-state index contributed by atoms with van der Waals surface area (Å²) in [5.74, 6) is 2.78. The number of alkyl halides is 2. The lowest BCUT2D eigenvalue weighted by molar-refractivity contribution is 0.0366. The molecular formula is C26H60F2O2. The second-order valence-electron chi connectivity index (χ2n) is 11.0. The van der Waals surface area contributed by atoms with Gasteiger partial charge in [0.2, 0.25) is 0 Å². The van der Waals surface area contributed by atoms with Gasteiger partial charge in [0.1, 0.15) is 12.3 Å². The Morgan fingerprint density at radius 3 is 0.967 bits per heavy atom. The van der Waals surface area contributed by atoms with E-state index in [2.05, 4.69) is 55.4 Å². The molecule has 2 nitrogen and oxygen atoms in total. The van der Waals surface area contributed by atoms with Crippen LogP contribution in [0.25, 0.3) is 0 Å². The van der Waals surface area contributed by atoms with E-state index in [1.54, 1.807) is 0 Å². The molecule has 4 heteroatoms. The molecule has 0 aromatic carbocycles. The van der Waals surface area contributed by atoms with E-state index in [1.165, 1.54) is 12.8 Å². The molecule has 0 heterocycles. The molecule has 0 fully saturated rings. The lowest BCUT2D eigenvalue weighted by Gasteiger charge is -2.32. The second-order valence-corrected chi connectivity index (χ2v) is 11.0. The van der Waals surface area contributed by atoms with E-state index < -0.39 is 12.3 Å². The van der Waals surface area contributed by atoms with E-state index in [-0.39, 0.29) is 37.5 Å². The van der Waals surface area contributed by atoms with Crippen molar-refractivity contribution in [3.8, 4) is 0 Å². The van der Waals surface area contributed by atoms with Gasteiger partial charge in [0.05, 0.1) is 0 Å². The van der Waals surface area contributed by atoms with Gasteiger partial charge in [-0.3, -0.25) is 0 Å². The number of rotatable bonds is 15. The Bertz CT molecular complexity index is 400. The monoisotopic (exact) mass is 442 g/mol. The van der Waals surface area contributed by atoms with Crippen molar-refractivity contribution in [1.82, 2.24) is 0 Å². The van der Waals surface area contributed by atoms with E-state index in [1.807, 2.05) is 13.8 Å². The highest BCUT2D eigenvalue weighted by molar-refractivity contribution is 4.83. The zero-order valence-electron chi connectivity index (χ0n) is 21.8. The number of hydrogen-bond acceptors (Lipinski definition) is 0. The smallest absolute Gasteiger partial charge is 0.134 e. The fourth-order valence-electron chi connectivity index (χ4n) is 4.02. The molecule has 30 heavy (non-hydrogen) atoms. The molecule has 0 spiro atoms. The summed E-state index contributed by atoms with van der Waals surface area (Å²) in [6.45, 7) is 21.6. The molecule has 0 bridgehead atoms. The molecule has 190 valence electrons. The minimum atomic E-state index is -1.35. The van der Waals surface area contributed by atoms with Crippen LogP contribution in [-0.4, -0.2) is 23.3 Å². The van der Waals surface area contributed by atoms with Crippen molar-refractivity contribution in [2.24, 2.45) is 47.3 Å². The molecule has 8 unspecified atom stereocenters. The highest BCUT2D eigenvalue weighted by atomic mass is 19.2. The first-order valence-electron chi connectivity index (χ1n) is 12.2. The quantitative estimate of drug-likeness (QED) is 0.247. The largest absolute Gasteiger partial charge is 0.412 e. The van der Waals surface area contributed by atoms with Gasteiger partial charge < -0.3 is 11.0 Å². The van der Waals surface area contributed by atoms with Crippen LogP contribution in [-0.2, 0) is 0 Å². The molecule has 0 saturated carbocycles. The summed E-state index contributed by atoms with van der Waals surface area (Å²) in [6, 6.07) is 0. The van der Waals surface area contributed by atoms with Crippen LogP contribution in [0.2, 0.25) is 0 Å². The van der Waals surface area contributed by atoms with E-state index in [0.29, 0.717) is 17.8 Å². The van der Waals surface area contributed by atoms with Gasteiger partial charge >= 0.3 is 0 Å². The van der Waals surface area contributed by atoms with Crippen LogP contribution in [0.15, 0.2) is 0 Å². The van der Waals surface area contributed by atoms with Crippen LogP contribution < -0.4 is 0 Å². The van der Waals surface area contributed by atoms with E-state index in [4.69, 9.17) is 0 Å². The van der Waals surface area contributed by atoms with E-state index >= 15 is 0 Å². The van der Waals surface area contributed by atoms with Gasteiger partial charge in [0.15, 0.2) is 0 Å². The van der Waals surface area contributed by atoms with Gasteiger partial charge in [0, 0.05) is 2.85 Å². The Labute approximate surface area is 190 Å². The lowest BCUT2D eigenvalue weighted by Crippen LogP contribution is -2.36. The average Bonchev–Trinajstić information content (AvgIpc) is 2.65. The van der Waals surface area contributed by atoms with Crippen molar-refractivity contribution < 1.29 is 22.6 Å². The number of hydrogen-bond donors (Lipinski definition) is 0. The minimum Gasteiger partial charge on any atom is -0.412 e. The van der Waals surface area contributed by atoms with Crippen LogP contribution >= 0.6 is 0 Å². The fraction of sp³-hybridized carbons (Fsp3) is 1.00. The average molecular weight is 443 g/mol. The third kappa shape index (κ3) is 13.2. The van der Waals surface area contributed by atoms with Gasteiger partial charge in [-0.15, -0.1) is 0 Å². The third-order valence-electron chi connectivity index (χ3n) is 7.55. The summed E-state index contributed by atoms with van der Waals surface area (Å²) >= 11 is 0. The third-order valence-corrected chi connectivity index (χ3v) is 7.55. The van der Waals surface area contributed by atoms with Gasteiger partial charge in [-0.1, -0.05) is 108 Å². The first kappa shape index (κ1) is 34.4. The van der Waals surface area contributed by atoms with Crippen molar-refractivity contribution >= 4 is 0 Å². The first-order chi connectivity index (χ1) is 12.9. The van der Waals surface area contributed by atoms with Crippen molar-refractivity contribution in [2.75, 3.05) is 0 Å². The lowest BCUT2D eigenvalue weighted by atomic mass is 9.77. The first-order valence-corrected chi connectivity index (χ1v) is 12.2. The van der Waals surface area contributed by atoms with Gasteiger partial charge in [-0.25, -0.2) is 8.78 Å². The maximum Gasteiger partial charge on any atom is 0.134 e. The fourth-order valence-corrected chi connectivity index (χ4v) is 4.02. The van der Waals surface area contributed by atoms with Crippen LogP contribution in [0.1, 0.15) is 111 Å². The predicted octanol–water partition coefficient (Wildman–Crippen LogP) is 7.97. The zero-order valence-corrected chi connectivity index (χ0v) is 21.8. The molecule has 0 aromatic rings. The van der Waals surface area contributed by atoms with E-state index in [0.717, 1.165) is 31.6 Å². The highest BCUT2D eigenvalue weighted by Gasteiger charge is 2.35. The Balaban J connectivity index is -0.000000607. The molecule has 0 aliphatic rings. The van der Waals surface area contributed by atoms with Crippen LogP contribution in [0, 0.1) is 47.3 Å². The Hall–Kier alpha value is -0.220. The van der Waals surface area contributed by atoms with Crippen LogP contribution in [0.3, 0.4) is 0 Å². The molecular weight excluding hydrogens is 382 g/mol. The van der Waals surface area contributed by atoms with Gasteiger partial charge in [0.25, 0.3) is 0 Å². The molecule has 4 N–H and O–H groups in total. The highest BCUT2D eigenvalue weighted by Crippen LogP contribution is 2.34. The molecule has 0 saturated heterocycles. The molecule has 0 aromatic heterocycles. The molecule has 0 rings (SSSR count).